The molecule has 6 aromatic rings. The zero-order chi connectivity index (χ0) is 29.6. The van der Waals surface area contributed by atoms with Crippen LogP contribution in [0.15, 0.2) is 96.7 Å². The second-order valence-corrected chi connectivity index (χ2v) is 12.8. The van der Waals surface area contributed by atoms with Crippen LogP contribution in [-0.4, -0.2) is 50.0 Å². The van der Waals surface area contributed by atoms with Gasteiger partial charge in [0.25, 0.3) is 10.0 Å². The van der Waals surface area contributed by atoms with Gasteiger partial charge in [-0.05, 0) is 68.8 Å². The minimum absolute atomic E-state index is 0.178. The lowest BCUT2D eigenvalue weighted by Gasteiger charge is -2.22. The molecule has 0 spiro atoms. The Morgan fingerprint density at radius 1 is 0.907 bits per heavy atom. The fourth-order valence-corrected chi connectivity index (χ4v) is 6.97. The van der Waals surface area contributed by atoms with Crippen molar-refractivity contribution in [3.05, 3.63) is 109 Å². The maximum absolute atomic E-state index is 13.9. The van der Waals surface area contributed by atoms with Gasteiger partial charge >= 0.3 is 0 Å². The molecule has 11 heteroatoms. The lowest BCUT2D eigenvalue weighted by atomic mass is 10.1. The average Bonchev–Trinajstić information content (AvgIpc) is 3.77. The van der Waals surface area contributed by atoms with Gasteiger partial charge < -0.3 is 5.32 Å². The molecule has 0 radical (unpaired) electrons. The summed E-state index contributed by atoms with van der Waals surface area (Å²) in [6, 6.07) is 15.5. The predicted molar refractivity (Wildman–Crippen MR) is 163 cm³/mol. The number of nitrogens with zero attached hydrogens (tertiary/aromatic N) is 6. The SMILES string of the molecule is Cc1ccc(S(=O)(=O)n2cc(-c3cnn(Cc4cccc(F)c4)c3)c3cc(-c4cnn(C5CCNCC5)c4)cnc32)cc1. The van der Waals surface area contributed by atoms with Crippen molar-refractivity contribution in [3.63, 3.8) is 0 Å². The second-order valence-electron chi connectivity index (χ2n) is 11.0. The molecule has 0 amide bonds. The molecule has 2 aromatic carbocycles. The molecule has 43 heavy (non-hydrogen) atoms. The normalized spacial score (nSPS) is 14.5. The van der Waals surface area contributed by atoms with Crippen molar-refractivity contribution in [1.82, 2.24) is 33.8 Å². The second kappa shape index (κ2) is 10.9. The smallest absolute Gasteiger partial charge is 0.269 e. The van der Waals surface area contributed by atoms with Gasteiger partial charge in [-0.15, -0.1) is 0 Å². The third-order valence-electron chi connectivity index (χ3n) is 7.99. The molecule has 9 nitrogen and oxygen atoms in total. The number of hydrogen-bond acceptors (Lipinski definition) is 6. The van der Waals surface area contributed by atoms with Gasteiger partial charge in [-0.25, -0.2) is 21.8 Å². The van der Waals surface area contributed by atoms with Crippen LogP contribution in [0.25, 0.3) is 33.3 Å². The molecule has 0 unspecified atom stereocenters. The van der Waals surface area contributed by atoms with Crippen LogP contribution in [0.5, 0.6) is 0 Å². The van der Waals surface area contributed by atoms with E-state index in [1.165, 1.54) is 16.1 Å². The molecule has 218 valence electrons. The molecule has 1 N–H and O–H groups in total. The summed E-state index contributed by atoms with van der Waals surface area (Å²) >= 11 is 0. The molecule has 0 aliphatic carbocycles. The molecular formula is C32H30FN7O2S. The topological polar surface area (TPSA) is 99.6 Å². The highest BCUT2D eigenvalue weighted by atomic mass is 32.2. The van der Waals surface area contributed by atoms with Gasteiger partial charge in [0.05, 0.1) is 29.9 Å². The Morgan fingerprint density at radius 3 is 2.49 bits per heavy atom. The fraction of sp³-hybridized carbons (Fsp3) is 0.219. The predicted octanol–water partition coefficient (Wildman–Crippen LogP) is 5.42. The summed E-state index contributed by atoms with van der Waals surface area (Å²) < 4.78 is 46.5. The van der Waals surface area contributed by atoms with E-state index < -0.39 is 10.0 Å². The number of nitrogens with one attached hydrogen (secondary N) is 1. The fourth-order valence-electron chi connectivity index (χ4n) is 5.64. The standard InChI is InChI=1S/C32H30FN7O2S/c1-22-5-7-29(8-6-22)43(41,42)40-21-31(26-17-36-38(19-26)18-23-3-2-4-27(33)13-23)30-14-24(15-35-32(30)40)25-16-37-39(20-25)28-9-11-34-12-10-28/h2-8,13-17,19-21,28,34H,9-12,18H2,1H3. The maximum Gasteiger partial charge on any atom is 0.269 e. The van der Waals surface area contributed by atoms with Crippen LogP contribution in [0.1, 0.15) is 30.0 Å². The van der Waals surface area contributed by atoms with E-state index in [2.05, 4.69) is 20.5 Å². The van der Waals surface area contributed by atoms with Crippen LogP contribution in [0.4, 0.5) is 4.39 Å². The van der Waals surface area contributed by atoms with Crippen molar-refractivity contribution in [2.45, 2.75) is 37.2 Å². The molecule has 5 heterocycles. The molecule has 1 fully saturated rings. The van der Waals surface area contributed by atoms with Crippen LogP contribution >= 0.6 is 0 Å². The largest absolute Gasteiger partial charge is 0.317 e. The molecule has 7 rings (SSSR count). The Bertz CT molecular complexity index is 2040. The Morgan fingerprint density at radius 2 is 1.70 bits per heavy atom. The number of pyridine rings is 1. The number of piperidine rings is 1. The van der Waals surface area contributed by atoms with Crippen molar-refractivity contribution < 1.29 is 12.8 Å². The van der Waals surface area contributed by atoms with Gasteiger partial charge in [-0.3, -0.25) is 9.36 Å². The first kappa shape index (κ1) is 27.2. The first-order chi connectivity index (χ1) is 20.8. The zero-order valence-corrected chi connectivity index (χ0v) is 24.4. The minimum atomic E-state index is -3.94. The number of aryl methyl sites for hydroxylation is 1. The average molecular weight is 596 g/mol. The van der Waals surface area contributed by atoms with E-state index in [4.69, 9.17) is 0 Å². The van der Waals surface area contributed by atoms with E-state index in [9.17, 15) is 12.8 Å². The van der Waals surface area contributed by atoms with Gasteiger partial charge in [0, 0.05) is 52.4 Å². The third kappa shape index (κ3) is 5.26. The Labute approximate surface area is 248 Å². The maximum atomic E-state index is 13.9. The molecule has 1 aliphatic heterocycles. The highest BCUT2D eigenvalue weighted by Crippen LogP contribution is 2.35. The molecular weight excluding hydrogens is 565 g/mol. The monoisotopic (exact) mass is 595 g/mol. The van der Waals surface area contributed by atoms with Crippen molar-refractivity contribution in [3.8, 4) is 22.3 Å². The number of aromatic nitrogens is 6. The van der Waals surface area contributed by atoms with E-state index >= 15 is 0 Å². The number of halogens is 1. The van der Waals surface area contributed by atoms with Gasteiger partial charge in [-0.1, -0.05) is 29.8 Å². The Hall–Kier alpha value is -4.61. The zero-order valence-electron chi connectivity index (χ0n) is 23.6. The van der Waals surface area contributed by atoms with E-state index in [-0.39, 0.29) is 10.7 Å². The molecule has 1 aliphatic rings. The number of benzene rings is 2. The summed E-state index contributed by atoms with van der Waals surface area (Å²) in [5.41, 5.74) is 5.22. The third-order valence-corrected chi connectivity index (χ3v) is 9.65. The van der Waals surface area contributed by atoms with E-state index in [0.717, 1.165) is 53.7 Å². The highest BCUT2D eigenvalue weighted by molar-refractivity contribution is 7.90. The molecule has 4 aromatic heterocycles. The summed E-state index contributed by atoms with van der Waals surface area (Å²) in [6.07, 6.45) is 12.7. The Kier molecular flexibility index (Phi) is 6.91. The van der Waals surface area contributed by atoms with Crippen molar-refractivity contribution in [2.75, 3.05) is 13.1 Å². The first-order valence-corrected chi connectivity index (χ1v) is 15.6. The van der Waals surface area contributed by atoms with E-state index in [1.807, 2.05) is 42.3 Å². The number of hydrogen-bond donors (Lipinski definition) is 1. The van der Waals surface area contributed by atoms with Crippen molar-refractivity contribution >= 4 is 21.1 Å². The van der Waals surface area contributed by atoms with Crippen LogP contribution < -0.4 is 5.32 Å². The van der Waals surface area contributed by atoms with Gasteiger partial charge in [0.15, 0.2) is 5.65 Å². The molecule has 0 saturated carbocycles. The quantitative estimate of drug-likeness (QED) is 0.265. The van der Waals surface area contributed by atoms with Gasteiger partial charge in [0.1, 0.15) is 5.82 Å². The first-order valence-electron chi connectivity index (χ1n) is 14.2. The summed E-state index contributed by atoms with van der Waals surface area (Å²) in [6.45, 7) is 4.22. The lowest BCUT2D eigenvalue weighted by Crippen LogP contribution is -2.29. The van der Waals surface area contributed by atoms with E-state index in [1.54, 1.807) is 53.6 Å². The van der Waals surface area contributed by atoms with Crippen LogP contribution in [-0.2, 0) is 16.6 Å². The molecule has 0 bridgehead atoms. The lowest BCUT2D eigenvalue weighted by molar-refractivity contribution is 0.343. The van der Waals surface area contributed by atoms with Crippen LogP contribution in [0, 0.1) is 12.7 Å². The number of fused-ring (bicyclic) bond motifs is 1. The summed E-state index contributed by atoms with van der Waals surface area (Å²) in [4.78, 5) is 4.87. The Balaban J connectivity index is 1.32. The summed E-state index contributed by atoms with van der Waals surface area (Å²) in [5.74, 6) is -0.309. The van der Waals surface area contributed by atoms with Crippen LogP contribution in [0.2, 0.25) is 0 Å². The van der Waals surface area contributed by atoms with Crippen molar-refractivity contribution in [1.29, 1.82) is 0 Å². The summed E-state index contributed by atoms with van der Waals surface area (Å²) in [5, 5.41) is 13.2. The van der Waals surface area contributed by atoms with Crippen molar-refractivity contribution in [2.24, 2.45) is 0 Å². The molecule has 0 atom stereocenters. The minimum Gasteiger partial charge on any atom is -0.317 e. The van der Waals surface area contributed by atoms with E-state index in [0.29, 0.717) is 29.2 Å². The molecule has 1 saturated heterocycles. The summed E-state index contributed by atoms with van der Waals surface area (Å²) in [7, 11) is -3.94. The van der Waals surface area contributed by atoms with Gasteiger partial charge in [0.2, 0.25) is 0 Å². The van der Waals surface area contributed by atoms with Gasteiger partial charge in [-0.2, -0.15) is 10.2 Å². The van der Waals surface area contributed by atoms with Crippen LogP contribution in [0.3, 0.4) is 0 Å². The highest BCUT2D eigenvalue weighted by Gasteiger charge is 2.24. The number of rotatable bonds is 7.